The van der Waals surface area contributed by atoms with Gasteiger partial charge in [-0.15, -0.1) is 0 Å². The molecule has 0 amide bonds. The van der Waals surface area contributed by atoms with E-state index in [1.807, 2.05) is 0 Å². The monoisotopic (exact) mass is 237 g/mol. The minimum Gasteiger partial charge on any atom is -0.379 e. The first kappa shape index (κ1) is 12.0. The lowest BCUT2D eigenvalue weighted by Gasteiger charge is -2.49. The van der Waals surface area contributed by atoms with Crippen LogP contribution in [0, 0.1) is 28.4 Å². The zero-order valence-corrected chi connectivity index (χ0v) is 9.76. The van der Waals surface area contributed by atoms with Crippen LogP contribution in [0.15, 0.2) is 18.2 Å². The van der Waals surface area contributed by atoms with Gasteiger partial charge >= 0.3 is 0 Å². The number of nitrogens with zero attached hydrogens (tertiary/aromatic N) is 1. The molecule has 0 bridgehead atoms. The van der Waals surface area contributed by atoms with Crippen LogP contribution in [0.5, 0.6) is 0 Å². The second-order valence-corrected chi connectivity index (χ2v) is 4.94. The predicted octanol–water partition coefficient (Wildman–Crippen LogP) is 2.78. The second kappa shape index (κ2) is 3.78. The lowest BCUT2D eigenvalue weighted by atomic mass is 9.61. The third kappa shape index (κ3) is 1.62. The van der Waals surface area contributed by atoms with Crippen LogP contribution in [0.25, 0.3) is 0 Å². The summed E-state index contributed by atoms with van der Waals surface area (Å²) in [7, 11) is 0. The standard InChI is InChI=1S/C13H13F2NO/c1-12(2,6-16)13(7-17-8-13)10-5-9(14)3-4-11(10)15/h3-5H,7-8H2,1-2H3. The minimum atomic E-state index is -0.806. The van der Waals surface area contributed by atoms with Crippen LogP contribution in [0.4, 0.5) is 8.78 Å². The number of hydrogen-bond acceptors (Lipinski definition) is 2. The smallest absolute Gasteiger partial charge is 0.127 e. The number of benzene rings is 1. The third-order valence-electron chi connectivity index (χ3n) is 3.62. The Kier molecular flexibility index (Phi) is 2.67. The number of hydrogen-bond donors (Lipinski definition) is 0. The van der Waals surface area contributed by atoms with E-state index in [1.54, 1.807) is 13.8 Å². The van der Waals surface area contributed by atoms with Crippen molar-refractivity contribution in [2.45, 2.75) is 19.3 Å². The normalized spacial score (nSPS) is 18.3. The van der Waals surface area contributed by atoms with Crippen LogP contribution in [-0.4, -0.2) is 13.2 Å². The van der Waals surface area contributed by atoms with Gasteiger partial charge in [0.2, 0.25) is 0 Å². The van der Waals surface area contributed by atoms with Crippen molar-refractivity contribution in [1.29, 1.82) is 5.26 Å². The molecule has 0 unspecified atom stereocenters. The van der Waals surface area contributed by atoms with E-state index in [1.165, 1.54) is 0 Å². The van der Waals surface area contributed by atoms with E-state index in [0.717, 1.165) is 18.2 Å². The fourth-order valence-electron chi connectivity index (χ4n) is 2.13. The van der Waals surface area contributed by atoms with Crippen molar-refractivity contribution in [2.75, 3.05) is 13.2 Å². The average Bonchev–Trinajstić information content (AvgIpc) is 2.21. The molecule has 90 valence electrons. The minimum absolute atomic E-state index is 0.232. The summed E-state index contributed by atoms with van der Waals surface area (Å²) in [4.78, 5) is 0. The maximum Gasteiger partial charge on any atom is 0.127 e. The Morgan fingerprint density at radius 1 is 1.35 bits per heavy atom. The topological polar surface area (TPSA) is 33.0 Å². The second-order valence-electron chi connectivity index (χ2n) is 4.94. The van der Waals surface area contributed by atoms with Crippen molar-refractivity contribution >= 4 is 0 Å². The molecule has 0 spiro atoms. The van der Waals surface area contributed by atoms with Gasteiger partial charge in [0, 0.05) is 5.56 Å². The highest BCUT2D eigenvalue weighted by molar-refractivity contribution is 5.35. The van der Waals surface area contributed by atoms with Gasteiger partial charge in [0.05, 0.1) is 30.1 Å². The summed E-state index contributed by atoms with van der Waals surface area (Å²) >= 11 is 0. The molecule has 1 aliphatic heterocycles. The highest BCUT2D eigenvalue weighted by Gasteiger charge is 2.54. The fourth-order valence-corrected chi connectivity index (χ4v) is 2.13. The fraction of sp³-hybridized carbons (Fsp3) is 0.462. The van der Waals surface area contributed by atoms with Crippen molar-refractivity contribution in [3.8, 4) is 6.07 Å². The molecule has 0 N–H and O–H groups in total. The molecule has 0 aliphatic carbocycles. The Bertz CT molecular complexity index is 487. The van der Waals surface area contributed by atoms with Gasteiger partial charge in [-0.3, -0.25) is 0 Å². The van der Waals surface area contributed by atoms with Gasteiger partial charge < -0.3 is 4.74 Å². The maximum absolute atomic E-state index is 13.8. The Morgan fingerprint density at radius 3 is 2.47 bits per heavy atom. The molecule has 0 aromatic heterocycles. The molecule has 0 atom stereocenters. The van der Waals surface area contributed by atoms with Crippen LogP contribution in [0.2, 0.25) is 0 Å². The van der Waals surface area contributed by atoms with E-state index in [4.69, 9.17) is 4.74 Å². The summed E-state index contributed by atoms with van der Waals surface area (Å²) in [6.07, 6.45) is 0. The van der Waals surface area contributed by atoms with Gasteiger partial charge in [0.1, 0.15) is 11.6 Å². The zero-order valence-electron chi connectivity index (χ0n) is 9.76. The van der Waals surface area contributed by atoms with Crippen molar-refractivity contribution in [1.82, 2.24) is 0 Å². The van der Waals surface area contributed by atoms with Gasteiger partial charge in [0.25, 0.3) is 0 Å². The number of ether oxygens (including phenoxy) is 1. The molecule has 1 aromatic rings. The lowest BCUT2D eigenvalue weighted by Crippen LogP contribution is -2.56. The molecular weight excluding hydrogens is 224 g/mol. The summed E-state index contributed by atoms with van der Waals surface area (Å²) < 4.78 is 32.2. The quantitative estimate of drug-likeness (QED) is 0.792. The van der Waals surface area contributed by atoms with Crippen LogP contribution >= 0.6 is 0 Å². The molecule has 4 heteroatoms. The molecule has 0 saturated carbocycles. The van der Waals surface area contributed by atoms with Crippen LogP contribution in [0.3, 0.4) is 0 Å². The van der Waals surface area contributed by atoms with Crippen molar-refractivity contribution in [2.24, 2.45) is 5.41 Å². The molecule has 1 fully saturated rings. The Morgan fingerprint density at radius 2 is 2.00 bits per heavy atom. The predicted molar refractivity (Wildman–Crippen MR) is 58.2 cm³/mol. The third-order valence-corrected chi connectivity index (χ3v) is 3.62. The number of halogens is 2. The maximum atomic E-state index is 13.8. The first-order valence-electron chi connectivity index (χ1n) is 5.37. The van der Waals surface area contributed by atoms with Gasteiger partial charge in [0.15, 0.2) is 0 Å². The molecular formula is C13H13F2NO. The lowest BCUT2D eigenvalue weighted by molar-refractivity contribution is -0.104. The SMILES string of the molecule is CC(C)(C#N)C1(c2cc(F)ccc2F)COC1. The summed E-state index contributed by atoms with van der Waals surface area (Å²) in [5, 5.41) is 9.19. The molecule has 1 saturated heterocycles. The van der Waals surface area contributed by atoms with E-state index >= 15 is 0 Å². The first-order chi connectivity index (χ1) is 7.93. The van der Waals surface area contributed by atoms with Crippen LogP contribution in [-0.2, 0) is 10.2 Å². The summed E-state index contributed by atoms with van der Waals surface area (Å²) in [6, 6.07) is 5.49. The molecule has 2 rings (SSSR count). The van der Waals surface area contributed by atoms with Crippen LogP contribution < -0.4 is 0 Å². The summed E-state index contributed by atoms with van der Waals surface area (Å²) in [5.74, 6) is -0.987. The summed E-state index contributed by atoms with van der Waals surface area (Å²) in [5.41, 5.74) is -1.33. The molecule has 2 nitrogen and oxygen atoms in total. The van der Waals surface area contributed by atoms with E-state index in [2.05, 4.69) is 6.07 Å². The van der Waals surface area contributed by atoms with E-state index in [9.17, 15) is 14.0 Å². The van der Waals surface area contributed by atoms with Gasteiger partial charge in [-0.2, -0.15) is 5.26 Å². The summed E-state index contributed by atoms with van der Waals surface area (Å²) in [6.45, 7) is 3.93. The average molecular weight is 237 g/mol. The Labute approximate surface area is 98.8 Å². The van der Waals surface area contributed by atoms with E-state index < -0.39 is 22.5 Å². The highest BCUT2D eigenvalue weighted by atomic mass is 19.1. The number of rotatable bonds is 2. The zero-order chi connectivity index (χ0) is 12.7. The van der Waals surface area contributed by atoms with E-state index in [0.29, 0.717) is 0 Å². The number of nitriles is 1. The van der Waals surface area contributed by atoms with Gasteiger partial charge in [-0.25, -0.2) is 8.78 Å². The molecule has 17 heavy (non-hydrogen) atoms. The van der Waals surface area contributed by atoms with Crippen molar-refractivity contribution in [3.05, 3.63) is 35.4 Å². The van der Waals surface area contributed by atoms with Crippen molar-refractivity contribution < 1.29 is 13.5 Å². The highest BCUT2D eigenvalue weighted by Crippen LogP contribution is 2.47. The van der Waals surface area contributed by atoms with E-state index in [-0.39, 0.29) is 18.8 Å². The van der Waals surface area contributed by atoms with Crippen LogP contribution in [0.1, 0.15) is 19.4 Å². The van der Waals surface area contributed by atoms with Gasteiger partial charge in [-0.05, 0) is 32.0 Å². The van der Waals surface area contributed by atoms with Gasteiger partial charge in [-0.1, -0.05) is 0 Å². The molecule has 1 aliphatic rings. The molecule has 0 radical (unpaired) electrons. The Balaban J connectivity index is 2.57. The molecule has 1 aromatic carbocycles. The largest absolute Gasteiger partial charge is 0.379 e. The first-order valence-corrected chi connectivity index (χ1v) is 5.37. The molecule has 1 heterocycles. The Hall–Kier alpha value is -1.47. The van der Waals surface area contributed by atoms with Crippen molar-refractivity contribution in [3.63, 3.8) is 0 Å².